The number of amides is 1. The van der Waals surface area contributed by atoms with Crippen molar-refractivity contribution in [2.45, 2.75) is 6.54 Å². The Bertz CT molecular complexity index is 687. The maximum Gasteiger partial charge on any atom is 0.327 e. The zero-order chi connectivity index (χ0) is 15.4. The molecule has 0 spiro atoms. The molecule has 0 bridgehead atoms. The molecule has 21 heavy (non-hydrogen) atoms. The number of carbonyl (C=O) groups is 2. The third-order valence-corrected chi connectivity index (χ3v) is 3.08. The summed E-state index contributed by atoms with van der Waals surface area (Å²) in [6.07, 6.45) is 2.81. The summed E-state index contributed by atoms with van der Waals surface area (Å²) in [6.45, 7) is -0.0704. The Morgan fingerprint density at radius 1 is 1.48 bits per heavy atom. The summed E-state index contributed by atoms with van der Waals surface area (Å²) in [4.78, 5) is 23.0. The monoisotopic (exact) mass is 355 g/mol. The Hall–Kier alpha value is -2.22. The van der Waals surface area contributed by atoms with E-state index >= 15 is 0 Å². The molecule has 0 fully saturated rings. The van der Waals surface area contributed by atoms with Crippen molar-refractivity contribution >= 4 is 33.5 Å². The second-order valence-electron chi connectivity index (χ2n) is 4.08. The SMILES string of the molecule is COC(=O)Cn1cc(NC(=O)c2ccc(Br)cc2F)cn1. The Kier molecular flexibility index (Phi) is 4.69. The van der Waals surface area contributed by atoms with Gasteiger partial charge in [-0.1, -0.05) is 15.9 Å². The molecule has 0 unspecified atom stereocenters. The lowest BCUT2D eigenvalue weighted by atomic mass is 10.2. The summed E-state index contributed by atoms with van der Waals surface area (Å²) in [6, 6.07) is 4.14. The van der Waals surface area contributed by atoms with Crippen molar-refractivity contribution in [3.63, 3.8) is 0 Å². The number of carbonyl (C=O) groups excluding carboxylic acids is 2. The number of benzene rings is 1. The van der Waals surface area contributed by atoms with E-state index in [0.29, 0.717) is 10.2 Å². The van der Waals surface area contributed by atoms with E-state index in [1.165, 1.54) is 36.3 Å². The van der Waals surface area contributed by atoms with E-state index in [-0.39, 0.29) is 12.1 Å². The number of esters is 1. The Balaban J connectivity index is 2.07. The molecule has 2 rings (SSSR count). The highest BCUT2D eigenvalue weighted by atomic mass is 79.9. The van der Waals surface area contributed by atoms with E-state index in [1.807, 2.05) is 0 Å². The maximum atomic E-state index is 13.7. The fraction of sp³-hybridized carbons (Fsp3) is 0.154. The normalized spacial score (nSPS) is 10.2. The molecular formula is C13H11BrFN3O3. The van der Waals surface area contributed by atoms with Crippen molar-refractivity contribution in [1.82, 2.24) is 9.78 Å². The molecule has 0 saturated heterocycles. The van der Waals surface area contributed by atoms with Gasteiger partial charge in [0.25, 0.3) is 5.91 Å². The fourth-order valence-corrected chi connectivity index (χ4v) is 1.92. The van der Waals surface area contributed by atoms with Gasteiger partial charge in [-0.25, -0.2) is 4.39 Å². The van der Waals surface area contributed by atoms with Gasteiger partial charge in [0.2, 0.25) is 0 Å². The van der Waals surface area contributed by atoms with Crippen LogP contribution in [0.2, 0.25) is 0 Å². The molecule has 0 aliphatic rings. The zero-order valence-electron chi connectivity index (χ0n) is 11.0. The molecule has 1 amide bonds. The quantitative estimate of drug-likeness (QED) is 0.853. The van der Waals surface area contributed by atoms with E-state index in [1.54, 1.807) is 6.07 Å². The molecule has 1 heterocycles. The highest BCUT2D eigenvalue weighted by Gasteiger charge is 2.13. The average molecular weight is 356 g/mol. The maximum absolute atomic E-state index is 13.7. The molecule has 8 heteroatoms. The summed E-state index contributed by atoms with van der Waals surface area (Å²) in [7, 11) is 1.27. The third-order valence-electron chi connectivity index (χ3n) is 2.59. The molecule has 2 aromatic rings. The number of halogens is 2. The molecule has 0 aliphatic carbocycles. The van der Waals surface area contributed by atoms with Crippen molar-refractivity contribution in [2.24, 2.45) is 0 Å². The summed E-state index contributed by atoms with van der Waals surface area (Å²) < 4.78 is 20.0. The summed E-state index contributed by atoms with van der Waals surface area (Å²) in [5, 5.41) is 6.39. The number of hydrogen-bond donors (Lipinski definition) is 1. The molecule has 0 aliphatic heterocycles. The van der Waals surface area contributed by atoms with E-state index < -0.39 is 17.7 Å². The summed E-state index contributed by atoms with van der Waals surface area (Å²) in [5.74, 6) is -1.70. The number of nitrogens with zero attached hydrogens (tertiary/aromatic N) is 2. The van der Waals surface area contributed by atoms with Crippen LogP contribution in [0, 0.1) is 5.82 Å². The highest BCUT2D eigenvalue weighted by molar-refractivity contribution is 9.10. The second kappa shape index (κ2) is 6.49. The largest absolute Gasteiger partial charge is 0.468 e. The van der Waals surface area contributed by atoms with Gasteiger partial charge >= 0.3 is 5.97 Å². The topological polar surface area (TPSA) is 73.2 Å². The lowest BCUT2D eigenvalue weighted by Gasteiger charge is -2.04. The molecular weight excluding hydrogens is 345 g/mol. The number of nitrogens with one attached hydrogen (secondary N) is 1. The van der Waals surface area contributed by atoms with Gasteiger partial charge in [-0.15, -0.1) is 0 Å². The Morgan fingerprint density at radius 2 is 2.24 bits per heavy atom. The number of methoxy groups -OCH3 is 1. The minimum absolute atomic E-state index is 0.0704. The van der Waals surface area contributed by atoms with Crippen LogP contribution in [0.3, 0.4) is 0 Å². The van der Waals surface area contributed by atoms with Crippen molar-refractivity contribution < 1.29 is 18.7 Å². The molecule has 0 radical (unpaired) electrons. The first-order valence-electron chi connectivity index (χ1n) is 5.85. The van der Waals surface area contributed by atoms with Crippen LogP contribution in [-0.4, -0.2) is 28.8 Å². The van der Waals surface area contributed by atoms with Crippen LogP contribution >= 0.6 is 15.9 Å². The number of ether oxygens (including phenoxy) is 1. The van der Waals surface area contributed by atoms with Crippen LogP contribution in [0.1, 0.15) is 10.4 Å². The van der Waals surface area contributed by atoms with Gasteiger partial charge in [0.1, 0.15) is 12.4 Å². The first-order chi connectivity index (χ1) is 9.99. The van der Waals surface area contributed by atoms with Crippen LogP contribution < -0.4 is 5.32 Å². The lowest BCUT2D eigenvalue weighted by molar-refractivity contribution is -0.141. The van der Waals surface area contributed by atoms with E-state index in [2.05, 4.69) is 31.1 Å². The highest BCUT2D eigenvalue weighted by Crippen LogP contribution is 2.16. The smallest absolute Gasteiger partial charge is 0.327 e. The van der Waals surface area contributed by atoms with Gasteiger partial charge < -0.3 is 10.1 Å². The van der Waals surface area contributed by atoms with E-state index in [0.717, 1.165) is 0 Å². The van der Waals surface area contributed by atoms with E-state index in [4.69, 9.17) is 0 Å². The molecule has 0 atom stereocenters. The minimum Gasteiger partial charge on any atom is -0.468 e. The minimum atomic E-state index is -0.635. The number of hydrogen-bond acceptors (Lipinski definition) is 4. The standard InChI is InChI=1S/C13H11BrFN3O3/c1-21-12(19)7-18-6-9(5-16-18)17-13(20)10-3-2-8(14)4-11(10)15/h2-6H,7H2,1H3,(H,17,20). The predicted molar refractivity (Wildman–Crippen MR) is 76.3 cm³/mol. The van der Waals surface area contributed by atoms with Crippen molar-refractivity contribution in [3.05, 3.63) is 46.4 Å². The molecule has 1 aromatic heterocycles. The first-order valence-corrected chi connectivity index (χ1v) is 6.64. The third kappa shape index (κ3) is 3.88. The average Bonchev–Trinajstić information content (AvgIpc) is 2.85. The van der Waals surface area contributed by atoms with Crippen LogP contribution in [0.4, 0.5) is 10.1 Å². The van der Waals surface area contributed by atoms with Gasteiger partial charge in [-0.3, -0.25) is 14.3 Å². The second-order valence-corrected chi connectivity index (χ2v) is 5.00. The predicted octanol–water partition coefficient (Wildman–Crippen LogP) is 2.21. The number of aromatic nitrogens is 2. The van der Waals surface area contributed by atoms with Crippen LogP contribution in [-0.2, 0) is 16.1 Å². The van der Waals surface area contributed by atoms with Crippen LogP contribution in [0.15, 0.2) is 35.1 Å². The lowest BCUT2D eigenvalue weighted by Crippen LogP contribution is -2.14. The van der Waals surface area contributed by atoms with Gasteiger partial charge in [0.05, 0.1) is 24.6 Å². The summed E-state index contributed by atoms with van der Waals surface area (Å²) in [5.41, 5.74) is 0.269. The molecule has 1 N–H and O–H groups in total. The molecule has 6 nitrogen and oxygen atoms in total. The molecule has 110 valence electrons. The number of rotatable bonds is 4. The van der Waals surface area contributed by atoms with Gasteiger partial charge in [0.15, 0.2) is 0 Å². The van der Waals surface area contributed by atoms with Gasteiger partial charge in [-0.05, 0) is 18.2 Å². The van der Waals surface area contributed by atoms with Gasteiger partial charge in [-0.2, -0.15) is 5.10 Å². The van der Waals surface area contributed by atoms with E-state index in [9.17, 15) is 14.0 Å². The first kappa shape index (κ1) is 15.2. The molecule has 1 aromatic carbocycles. The number of anilines is 1. The Morgan fingerprint density at radius 3 is 2.90 bits per heavy atom. The van der Waals surface area contributed by atoms with Crippen LogP contribution in [0.5, 0.6) is 0 Å². The summed E-state index contributed by atoms with van der Waals surface area (Å²) >= 11 is 3.12. The van der Waals surface area contributed by atoms with Crippen molar-refractivity contribution in [3.8, 4) is 0 Å². The van der Waals surface area contributed by atoms with Crippen LogP contribution in [0.25, 0.3) is 0 Å². The zero-order valence-corrected chi connectivity index (χ0v) is 12.6. The molecule has 0 saturated carbocycles. The fourth-order valence-electron chi connectivity index (χ4n) is 1.58. The van der Waals surface area contributed by atoms with Crippen molar-refractivity contribution in [2.75, 3.05) is 12.4 Å². The van der Waals surface area contributed by atoms with Crippen molar-refractivity contribution in [1.29, 1.82) is 0 Å². The van der Waals surface area contributed by atoms with Gasteiger partial charge in [0, 0.05) is 10.7 Å². The Labute approximate surface area is 128 Å².